The Kier molecular flexibility index (Phi) is 6.58. The molecule has 6 heteroatoms. The molecule has 2 aromatic heterocycles. The maximum Gasteiger partial charge on any atom is 0.138 e. The van der Waals surface area contributed by atoms with Gasteiger partial charge in [0.15, 0.2) is 0 Å². The van der Waals surface area contributed by atoms with Crippen LogP contribution in [0.5, 0.6) is 0 Å². The van der Waals surface area contributed by atoms with Crippen LogP contribution in [-0.2, 0) is 6.42 Å². The highest BCUT2D eigenvalue weighted by Crippen LogP contribution is 2.28. The lowest BCUT2D eigenvalue weighted by Gasteiger charge is -2.40. The summed E-state index contributed by atoms with van der Waals surface area (Å²) in [6.45, 7) is 9.35. The molecular formula is C21H33N5S. The van der Waals surface area contributed by atoms with E-state index in [1.165, 1.54) is 81.5 Å². The van der Waals surface area contributed by atoms with E-state index in [4.69, 9.17) is 0 Å². The van der Waals surface area contributed by atoms with Crippen LogP contribution in [0.3, 0.4) is 0 Å². The second-order valence-corrected chi connectivity index (χ2v) is 9.07. The summed E-state index contributed by atoms with van der Waals surface area (Å²) in [5, 5.41) is 4.72. The molecule has 4 rings (SSSR count). The Labute approximate surface area is 167 Å². The number of hydrogen-bond acceptors (Lipinski definition) is 6. The van der Waals surface area contributed by atoms with Gasteiger partial charge in [0, 0.05) is 43.6 Å². The van der Waals surface area contributed by atoms with Gasteiger partial charge in [-0.25, -0.2) is 9.97 Å². The Bertz CT molecular complexity index is 716. The van der Waals surface area contributed by atoms with Gasteiger partial charge in [-0.05, 0) is 38.3 Å². The third kappa shape index (κ3) is 4.79. The number of nitrogens with one attached hydrogen (secondary N) is 1. The third-order valence-electron chi connectivity index (χ3n) is 6.17. The van der Waals surface area contributed by atoms with Gasteiger partial charge in [0.05, 0.1) is 5.39 Å². The lowest BCUT2D eigenvalue weighted by Crippen LogP contribution is -2.51. The van der Waals surface area contributed by atoms with Gasteiger partial charge in [-0.3, -0.25) is 4.90 Å². The van der Waals surface area contributed by atoms with Gasteiger partial charge in [0.25, 0.3) is 0 Å². The van der Waals surface area contributed by atoms with E-state index in [0.717, 1.165) is 29.7 Å². The molecule has 1 N–H and O–H groups in total. The molecule has 148 valence electrons. The van der Waals surface area contributed by atoms with E-state index in [9.17, 15) is 0 Å². The molecule has 1 saturated carbocycles. The molecule has 27 heavy (non-hydrogen) atoms. The predicted molar refractivity (Wildman–Crippen MR) is 115 cm³/mol. The molecule has 3 heterocycles. The van der Waals surface area contributed by atoms with Gasteiger partial charge in [-0.1, -0.05) is 26.2 Å². The van der Waals surface area contributed by atoms with Crippen LogP contribution in [-0.4, -0.2) is 65.1 Å². The molecule has 0 unspecified atom stereocenters. The smallest absolute Gasteiger partial charge is 0.138 e. The van der Waals surface area contributed by atoms with Crippen LogP contribution in [0.15, 0.2) is 12.4 Å². The van der Waals surface area contributed by atoms with Gasteiger partial charge in [0.2, 0.25) is 0 Å². The summed E-state index contributed by atoms with van der Waals surface area (Å²) in [6, 6.07) is 3.12. The molecule has 5 nitrogen and oxygen atoms in total. The van der Waals surface area contributed by atoms with Gasteiger partial charge in [-0.15, -0.1) is 11.3 Å². The molecule has 0 radical (unpaired) electrons. The second kappa shape index (κ2) is 9.30. The number of nitrogens with zero attached hydrogens (tertiary/aromatic N) is 4. The fourth-order valence-electron chi connectivity index (χ4n) is 4.53. The van der Waals surface area contributed by atoms with Crippen molar-refractivity contribution < 1.29 is 0 Å². The summed E-state index contributed by atoms with van der Waals surface area (Å²) in [5.41, 5.74) is 0. The number of fused-ring (bicyclic) bond motifs is 1. The summed E-state index contributed by atoms with van der Waals surface area (Å²) < 4.78 is 0. The van der Waals surface area contributed by atoms with Gasteiger partial charge >= 0.3 is 0 Å². The SMILES string of the molecule is CCc1cc2c(NCCCN3CCN(C4CCCCC4)CC3)ncnc2s1. The molecule has 0 spiro atoms. The Balaban J connectivity index is 1.19. The van der Waals surface area contributed by atoms with Crippen molar-refractivity contribution in [2.45, 2.75) is 57.9 Å². The first-order valence-electron chi connectivity index (χ1n) is 10.8. The van der Waals surface area contributed by atoms with Crippen LogP contribution >= 0.6 is 11.3 Å². The molecule has 0 amide bonds. The molecule has 0 aromatic carbocycles. The standard InChI is InChI=1S/C21H33N5S/c1-2-18-15-19-20(23-16-24-21(19)27-18)22-9-6-10-25-11-13-26(14-12-25)17-7-4-3-5-8-17/h15-17H,2-14H2,1H3,(H,22,23,24). The average molecular weight is 388 g/mol. The molecule has 0 bridgehead atoms. The summed E-state index contributed by atoms with van der Waals surface area (Å²) in [6.07, 6.45) is 11.1. The fourth-order valence-corrected chi connectivity index (χ4v) is 5.46. The average Bonchev–Trinajstić information content (AvgIpc) is 3.16. The quantitative estimate of drug-likeness (QED) is 0.727. The van der Waals surface area contributed by atoms with Crippen molar-refractivity contribution in [3.05, 3.63) is 17.3 Å². The van der Waals surface area contributed by atoms with E-state index < -0.39 is 0 Å². The first kappa shape index (κ1) is 19.1. The Hall–Kier alpha value is -1.24. The van der Waals surface area contributed by atoms with E-state index in [1.54, 1.807) is 17.7 Å². The highest BCUT2D eigenvalue weighted by atomic mass is 32.1. The number of thiophene rings is 1. The topological polar surface area (TPSA) is 44.3 Å². The van der Waals surface area contributed by atoms with Gasteiger partial charge < -0.3 is 10.2 Å². The van der Waals surface area contributed by atoms with E-state index >= 15 is 0 Å². The lowest BCUT2D eigenvalue weighted by molar-refractivity contribution is 0.0789. The van der Waals surface area contributed by atoms with Crippen LogP contribution in [0.1, 0.15) is 50.3 Å². The van der Waals surface area contributed by atoms with Crippen LogP contribution in [0.25, 0.3) is 10.2 Å². The van der Waals surface area contributed by atoms with Crippen molar-refractivity contribution in [2.24, 2.45) is 0 Å². The number of aromatic nitrogens is 2. The van der Waals surface area contributed by atoms with Crippen LogP contribution in [0.2, 0.25) is 0 Å². The largest absolute Gasteiger partial charge is 0.369 e. The highest BCUT2D eigenvalue weighted by molar-refractivity contribution is 7.18. The molecule has 2 aliphatic rings. The van der Waals surface area contributed by atoms with Crippen molar-refractivity contribution in [3.63, 3.8) is 0 Å². The van der Waals surface area contributed by atoms with Crippen molar-refractivity contribution >= 4 is 27.4 Å². The van der Waals surface area contributed by atoms with Crippen LogP contribution in [0, 0.1) is 0 Å². The van der Waals surface area contributed by atoms with Crippen molar-refractivity contribution in [3.8, 4) is 0 Å². The predicted octanol–water partition coefficient (Wildman–Crippen LogP) is 4.01. The lowest BCUT2D eigenvalue weighted by atomic mass is 9.94. The Morgan fingerprint density at radius 3 is 2.70 bits per heavy atom. The highest BCUT2D eigenvalue weighted by Gasteiger charge is 2.24. The number of anilines is 1. The monoisotopic (exact) mass is 387 g/mol. The Morgan fingerprint density at radius 1 is 1.11 bits per heavy atom. The van der Waals surface area contributed by atoms with Crippen LogP contribution < -0.4 is 5.32 Å². The molecule has 1 saturated heterocycles. The van der Waals surface area contributed by atoms with Crippen molar-refractivity contribution in [1.82, 2.24) is 19.8 Å². The molecular weight excluding hydrogens is 354 g/mol. The van der Waals surface area contributed by atoms with E-state index in [2.05, 4.69) is 38.1 Å². The second-order valence-electron chi connectivity index (χ2n) is 7.96. The third-order valence-corrected chi connectivity index (χ3v) is 7.36. The molecule has 2 fully saturated rings. The summed E-state index contributed by atoms with van der Waals surface area (Å²) in [4.78, 5) is 16.7. The zero-order valence-electron chi connectivity index (χ0n) is 16.6. The summed E-state index contributed by atoms with van der Waals surface area (Å²) >= 11 is 1.78. The van der Waals surface area contributed by atoms with Gasteiger partial charge in [0.1, 0.15) is 17.0 Å². The summed E-state index contributed by atoms with van der Waals surface area (Å²) in [7, 11) is 0. The molecule has 1 aliphatic heterocycles. The first-order valence-corrected chi connectivity index (χ1v) is 11.6. The Morgan fingerprint density at radius 2 is 1.93 bits per heavy atom. The molecule has 1 aliphatic carbocycles. The minimum absolute atomic E-state index is 0.876. The van der Waals surface area contributed by atoms with Gasteiger partial charge in [-0.2, -0.15) is 0 Å². The van der Waals surface area contributed by atoms with E-state index in [-0.39, 0.29) is 0 Å². The fraction of sp³-hybridized carbons (Fsp3) is 0.714. The normalized spacial score (nSPS) is 20.3. The van der Waals surface area contributed by atoms with Crippen molar-refractivity contribution in [1.29, 1.82) is 0 Å². The summed E-state index contributed by atoms with van der Waals surface area (Å²) in [5.74, 6) is 0.998. The minimum atomic E-state index is 0.876. The van der Waals surface area contributed by atoms with Crippen LogP contribution in [0.4, 0.5) is 5.82 Å². The minimum Gasteiger partial charge on any atom is -0.369 e. The maximum absolute atomic E-state index is 4.46. The first-order chi connectivity index (χ1) is 13.3. The zero-order chi connectivity index (χ0) is 18.5. The maximum atomic E-state index is 4.46. The number of hydrogen-bond donors (Lipinski definition) is 1. The van der Waals surface area contributed by atoms with E-state index in [1.807, 2.05) is 0 Å². The zero-order valence-corrected chi connectivity index (χ0v) is 17.4. The number of rotatable bonds is 7. The van der Waals surface area contributed by atoms with Crippen molar-refractivity contribution in [2.75, 3.05) is 44.6 Å². The number of aryl methyl sites for hydroxylation is 1. The number of piperazine rings is 1. The molecule has 2 aromatic rings. The molecule has 0 atom stereocenters. The van der Waals surface area contributed by atoms with E-state index in [0.29, 0.717) is 0 Å².